The van der Waals surface area contributed by atoms with E-state index in [2.05, 4.69) is 5.32 Å². The van der Waals surface area contributed by atoms with E-state index in [0.717, 1.165) is 12.8 Å². The van der Waals surface area contributed by atoms with E-state index >= 15 is 0 Å². The zero-order valence-electron chi connectivity index (χ0n) is 10.2. The summed E-state index contributed by atoms with van der Waals surface area (Å²) in [6, 6.07) is 1.63. The molecule has 94 valence electrons. The molecule has 0 radical (unpaired) electrons. The Bertz CT molecular complexity index is 202. The van der Waals surface area contributed by atoms with Gasteiger partial charge in [-0.15, -0.1) is 0 Å². The first-order valence-corrected chi connectivity index (χ1v) is 6.92. The molecule has 0 aliphatic heterocycles. The maximum atomic E-state index is 9.37. The topological polar surface area (TPSA) is 58.3 Å². The second-order valence-corrected chi connectivity index (χ2v) is 5.61. The molecule has 2 saturated carbocycles. The van der Waals surface area contributed by atoms with Crippen LogP contribution >= 0.6 is 0 Å². The normalized spacial score (nSPS) is 40.9. The van der Waals surface area contributed by atoms with Gasteiger partial charge in [0.1, 0.15) is 0 Å². The van der Waals surface area contributed by atoms with Gasteiger partial charge in [0, 0.05) is 24.7 Å². The van der Waals surface area contributed by atoms with E-state index in [9.17, 15) is 5.11 Å². The minimum Gasteiger partial charge on any atom is -0.396 e. The van der Waals surface area contributed by atoms with Gasteiger partial charge in [-0.05, 0) is 44.4 Å². The van der Waals surface area contributed by atoms with Gasteiger partial charge in [0.05, 0.1) is 0 Å². The molecule has 2 fully saturated rings. The summed E-state index contributed by atoms with van der Waals surface area (Å²) in [6.45, 7) is 0.351. The summed E-state index contributed by atoms with van der Waals surface area (Å²) in [6.07, 6.45) is 9.81. The van der Waals surface area contributed by atoms with Gasteiger partial charge in [0.2, 0.25) is 0 Å². The van der Waals surface area contributed by atoms with Gasteiger partial charge >= 0.3 is 0 Å². The third kappa shape index (κ3) is 3.19. The monoisotopic (exact) mass is 226 g/mol. The van der Waals surface area contributed by atoms with E-state index in [1.807, 2.05) is 0 Å². The fourth-order valence-corrected chi connectivity index (χ4v) is 3.23. The van der Waals surface area contributed by atoms with Crippen LogP contribution in [-0.4, -0.2) is 29.8 Å². The first-order chi connectivity index (χ1) is 7.79. The molecular formula is C13H26N2O. The summed E-state index contributed by atoms with van der Waals surface area (Å²) in [5, 5.41) is 13.1. The van der Waals surface area contributed by atoms with Crippen molar-refractivity contribution in [3.8, 4) is 0 Å². The lowest BCUT2D eigenvalue weighted by molar-refractivity contribution is 0.139. The first kappa shape index (κ1) is 12.3. The molecule has 2 aliphatic carbocycles. The van der Waals surface area contributed by atoms with Crippen LogP contribution in [0.5, 0.6) is 0 Å². The predicted octanol–water partition coefficient (Wildman–Crippen LogP) is 1.40. The number of nitrogens with two attached hydrogens (primary N) is 1. The highest BCUT2D eigenvalue weighted by molar-refractivity contribution is 4.86. The van der Waals surface area contributed by atoms with Crippen molar-refractivity contribution in [3.05, 3.63) is 0 Å². The highest BCUT2D eigenvalue weighted by Gasteiger charge is 2.27. The van der Waals surface area contributed by atoms with Crippen LogP contribution in [0.3, 0.4) is 0 Å². The largest absolute Gasteiger partial charge is 0.396 e. The maximum absolute atomic E-state index is 9.37. The van der Waals surface area contributed by atoms with Crippen molar-refractivity contribution in [2.24, 2.45) is 11.7 Å². The smallest absolute Gasteiger partial charge is 0.0474 e. The minimum absolute atomic E-state index is 0.351. The third-order valence-corrected chi connectivity index (χ3v) is 4.37. The van der Waals surface area contributed by atoms with Crippen molar-refractivity contribution in [3.63, 3.8) is 0 Å². The quantitative estimate of drug-likeness (QED) is 0.682. The standard InChI is InChI=1S/C13H26N2O/c14-11-5-7-12(8-6-11)15-13-4-2-1-3-10(13)9-16/h10-13,15-16H,1-9,14H2. The molecule has 0 bridgehead atoms. The number of aliphatic hydroxyl groups excluding tert-OH is 1. The SMILES string of the molecule is NC1CCC(NC2CCCCC2CO)CC1. The molecule has 2 rings (SSSR count). The maximum Gasteiger partial charge on any atom is 0.0474 e. The Balaban J connectivity index is 1.78. The highest BCUT2D eigenvalue weighted by atomic mass is 16.3. The molecule has 0 spiro atoms. The summed E-state index contributed by atoms with van der Waals surface area (Å²) < 4.78 is 0. The minimum atomic E-state index is 0.351. The number of hydrogen-bond acceptors (Lipinski definition) is 3. The molecule has 2 atom stereocenters. The molecule has 3 heteroatoms. The molecule has 2 unspecified atom stereocenters. The molecule has 4 N–H and O–H groups in total. The Morgan fingerprint density at radius 2 is 1.69 bits per heavy atom. The van der Waals surface area contributed by atoms with Gasteiger partial charge in [-0.1, -0.05) is 12.8 Å². The van der Waals surface area contributed by atoms with Crippen LogP contribution in [0.2, 0.25) is 0 Å². The fourth-order valence-electron chi connectivity index (χ4n) is 3.23. The van der Waals surface area contributed by atoms with Crippen molar-refractivity contribution >= 4 is 0 Å². The summed E-state index contributed by atoms with van der Waals surface area (Å²) in [4.78, 5) is 0. The molecular weight excluding hydrogens is 200 g/mol. The van der Waals surface area contributed by atoms with Crippen LogP contribution in [0.4, 0.5) is 0 Å². The van der Waals surface area contributed by atoms with E-state index in [-0.39, 0.29) is 0 Å². The van der Waals surface area contributed by atoms with Crippen molar-refractivity contribution in [1.82, 2.24) is 5.32 Å². The van der Waals surface area contributed by atoms with Crippen molar-refractivity contribution in [1.29, 1.82) is 0 Å². The number of rotatable bonds is 3. The van der Waals surface area contributed by atoms with E-state index in [1.54, 1.807) is 0 Å². The van der Waals surface area contributed by atoms with Crippen LogP contribution < -0.4 is 11.1 Å². The number of nitrogens with one attached hydrogen (secondary N) is 1. The zero-order chi connectivity index (χ0) is 11.4. The van der Waals surface area contributed by atoms with E-state index in [4.69, 9.17) is 5.73 Å². The number of aliphatic hydroxyl groups is 1. The average Bonchev–Trinajstić information content (AvgIpc) is 2.33. The molecule has 0 amide bonds. The van der Waals surface area contributed by atoms with Crippen LogP contribution in [0.25, 0.3) is 0 Å². The molecule has 16 heavy (non-hydrogen) atoms. The Kier molecular flexibility index (Phi) is 4.62. The molecule has 0 aromatic rings. The lowest BCUT2D eigenvalue weighted by atomic mass is 9.83. The lowest BCUT2D eigenvalue weighted by Crippen LogP contribution is -2.47. The van der Waals surface area contributed by atoms with Gasteiger partial charge in [-0.2, -0.15) is 0 Å². The third-order valence-electron chi connectivity index (χ3n) is 4.37. The van der Waals surface area contributed by atoms with Crippen molar-refractivity contribution in [2.75, 3.05) is 6.61 Å². The molecule has 3 nitrogen and oxygen atoms in total. The molecule has 0 aromatic heterocycles. The van der Waals surface area contributed by atoms with Crippen LogP contribution in [0, 0.1) is 5.92 Å². The van der Waals surface area contributed by atoms with E-state index < -0.39 is 0 Å². The predicted molar refractivity (Wildman–Crippen MR) is 66.2 cm³/mol. The van der Waals surface area contributed by atoms with Gasteiger partial charge in [-0.3, -0.25) is 0 Å². The van der Waals surface area contributed by atoms with Crippen LogP contribution in [0.15, 0.2) is 0 Å². The van der Waals surface area contributed by atoms with Gasteiger partial charge in [-0.25, -0.2) is 0 Å². The summed E-state index contributed by atoms with van der Waals surface area (Å²) in [5.41, 5.74) is 5.92. The number of hydrogen-bond donors (Lipinski definition) is 3. The molecule has 0 aromatic carbocycles. The fraction of sp³-hybridized carbons (Fsp3) is 1.00. The Hall–Kier alpha value is -0.120. The summed E-state index contributed by atoms with van der Waals surface area (Å²) in [7, 11) is 0. The van der Waals surface area contributed by atoms with Gasteiger partial charge < -0.3 is 16.2 Å². The van der Waals surface area contributed by atoms with E-state index in [1.165, 1.54) is 38.5 Å². The summed E-state index contributed by atoms with van der Waals surface area (Å²) in [5.74, 6) is 0.490. The molecule has 0 saturated heterocycles. The second kappa shape index (κ2) is 5.99. The first-order valence-electron chi connectivity index (χ1n) is 6.92. The van der Waals surface area contributed by atoms with Gasteiger partial charge in [0.25, 0.3) is 0 Å². The zero-order valence-corrected chi connectivity index (χ0v) is 10.2. The Labute approximate surface area is 98.8 Å². The van der Waals surface area contributed by atoms with Crippen molar-refractivity contribution in [2.45, 2.75) is 69.5 Å². The summed E-state index contributed by atoms with van der Waals surface area (Å²) >= 11 is 0. The van der Waals surface area contributed by atoms with E-state index in [0.29, 0.717) is 30.7 Å². The highest BCUT2D eigenvalue weighted by Crippen LogP contribution is 2.26. The Morgan fingerprint density at radius 3 is 2.38 bits per heavy atom. The Morgan fingerprint density at radius 1 is 1.00 bits per heavy atom. The van der Waals surface area contributed by atoms with Gasteiger partial charge in [0.15, 0.2) is 0 Å². The molecule has 2 aliphatic rings. The van der Waals surface area contributed by atoms with Crippen LogP contribution in [-0.2, 0) is 0 Å². The molecule has 0 heterocycles. The van der Waals surface area contributed by atoms with Crippen molar-refractivity contribution < 1.29 is 5.11 Å². The van der Waals surface area contributed by atoms with Crippen LogP contribution in [0.1, 0.15) is 51.4 Å². The lowest BCUT2D eigenvalue weighted by Gasteiger charge is -2.36. The average molecular weight is 226 g/mol. The second-order valence-electron chi connectivity index (χ2n) is 5.61.